The highest BCUT2D eigenvalue weighted by molar-refractivity contribution is 9.11. The molecule has 6 heteroatoms. The van der Waals surface area contributed by atoms with Crippen LogP contribution in [0.15, 0.2) is 43.7 Å². The Morgan fingerprint density at radius 1 is 1.15 bits per heavy atom. The lowest BCUT2D eigenvalue weighted by Crippen LogP contribution is -2.15. The molecule has 0 atom stereocenters. The second-order valence-electron chi connectivity index (χ2n) is 4.23. The third-order valence-corrected chi connectivity index (χ3v) is 4.52. The molecule has 0 heterocycles. The van der Waals surface area contributed by atoms with Crippen molar-refractivity contribution in [1.29, 1.82) is 0 Å². The van der Waals surface area contributed by atoms with Crippen molar-refractivity contribution in [2.45, 2.75) is 6.92 Å². The number of hydrogen-bond acceptors (Lipinski definition) is 2. The van der Waals surface area contributed by atoms with Crippen LogP contribution in [-0.4, -0.2) is 5.91 Å². The number of nitrogens with two attached hydrogens (primary N) is 1. The highest BCUT2D eigenvalue weighted by Gasteiger charge is 2.14. The lowest BCUT2D eigenvalue weighted by atomic mass is 10.1. The van der Waals surface area contributed by atoms with Gasteiger partial charge in [-0.05, 0) is 62.5 Å². The molecule has 2 aromatic rings. The Labute approximate surface area is 142 Å². The van der Waals surface area contributed by atoms with E-state index in [0.29, 0.717) is 16.9 Å². The minimum atomic E-state index is -0.241. The lowest BCUT2D eigenvalue weighted by Gasteiger charge is -2.12. The SMILES string of the molecule is Cc1cccc(C(=O)Nc2c(Br)cc(Br)cc2Br)c1N. The van der Waals surface area contributed by atoms with Gasteiger partial charge in [0, 0.05) is 19.1 Å². The number of halogens is 3. The van der Waals surface area contributed by atoms with E-state index >= 15 is 0 Å². The first-order valence-electron chi connectivity index (χ1n) is 5.71. The van der Waals surface area contributed by atoms with Crippen molar-refractivity contribution in [1.82, 2.24) is 0 Å². The van der Waals surface area contributed by atoms with Crippen LogP contribution in [0.5, 0.6) is 0 Å². The fourth-order valence-electron chi connectivity index (χ4n) is 1.72. The summed E-state index contributed by atoms with van der Waals surface area (Å²) in [5.41, 5.74) is 8.45. The lowest BCUT2D eigenvalue weighted by molar-refractivity contribution is 0.102. The van der Waals surface area contributed by atoms with E-state index in [1.165, 1.54) is 0 Å². The minimum absolute atomic E-state index is 0.241. The van der Waals surface area contributed by atoms with Gasteiger partial charge in [-0.2, -0.15) is 0 Å². The molecule has 1 amide bonds. The van der Waals surface area contributed by atoms with Gasteiger partial charge in [0.1, 0.15) is 0 Å². The van der Waals surface area contributed by atoms with E-state index in [2.05, 4.69) is 53.1 Å². The summed E-state index contributed by atoms with van der Waals surface area (Å²) in [5.74, 6) is -0.241. The number of nitrogens with one attached hydrogen (secondary N) is 1. The molecule has 0 aromatic heterocycles. The molecule has 0 aliphatic heterocycles. The number of para-hydroxylation sites is 1. The van der Waals surface area contributed by atoms with Crippen LogP contribution in [0.2, 0.25) is 0 Å². The monoisotopic (exact) mass is 460 g/mol. The summed E-state index contributed by atoms with van der Waals surface area (Å²) in [4.78, 5) is 12.3. The molecule has 3 nitrogen and oxygen atoms in total. The van der Waals surface area contributed by atoms with Crippen molar-refractivity contribution in [3.05, 3.63) is 54.9 Å². The van der Waals surface area contributed by atoms with Crippen LogP contribution in [0.4, 0.5) is 11.4 Å². The molecule has 0 spiro atoms. The van der Waals surface area contributed by atoms with Gasteiger partial charge in [-0.25, -0.2) is 0 Å². The zero-order valence-electron chi connectivity index (χ0n) is 10.5. The summed E-state index contributed by atoms with van der Waals surface area (Å²) in [6.07, 6.45) is 0. The molecule has 2 aromatic carbocycles. The Morgan fingerprint density at radius 3 is 2.35 bits per heavy atom. The molecule has 0 saturated heterocycles. The van der Waals surface area contributed by atoms with Gasteiger partial charge in [-0.3, -0.25) is 4.79 Å². The van der Waals surface area contributed by atoms with E-state index in [0.717, 1.165) is 19.0 Å². The molecule has 0 saturated carbocycles. The Hall–Kier alpha value is -0.850. The Bertz CT molecular complexity index is 663. The molecule has 0 unspecified atom stereocenters. The maximum Gasteiger partial charge on any atom is 0.257 e. The van der Waals surface area contributed by atoms with Crippen LogP contribution >= 0.6 is 47.8 Å². The fraction of sp³-hybridized carbons (Fsp3) is 0.0714. The normalized spacial score (nSPS) is 10.4. The molecule has 3 N–H and O–H groups in total. The topological polar surface area (TPSA) is 55.1 Å². The van der Waals surface area contributed by atoms with Gasteiger partial charge in [0.05, 0.1) is 11.3 Å². The first-order valence-corrected chi connectivity index (χ1v) is 8.09. The maximum atomic E-state index is 12.3. The average Bonchev–Trinajstić information content (AvgIpc) is 2.36. The van der Waals surface area contributed by atoms with Crippen LogP contribution in [0.25, 0.3) is 0 Å². The van der Waals surface area contributed by atoms with Gasteiger partial charge in [-0.1, -0.05) is 28.1 Å². The summed E-state index contributed by atoms with van der Waals surface area (Å²) in [7, 11) is 0. The zero-order valence-corrected chi connectivity index (χ0v) is 15.3. The van der Waals surface area contributed by atoms with E-state index < -0.39 is 0 Å². The number of anilines is 2. The fourth-order valence-corrected chi connectivity index (χ4v) is 4.18. The van der Waals surface area contributed by atoms with Gasteiger partial charge in [-0.15, -0.1) is 0 Å². The van der Waals surface area contributed by atoms with Crippen LogP contribution in [0.3, 0.4) is 0 Å². The average molecular weight is 463 g/mol. The third kappa shape index (κ3) is 3.24. The molecular weight excluding hydrogens is 452 g/mol. The summed E-state index contributed by atoms with van der Waals surface area (Å²) in [5, 5.41) is 2.86. The Kier molecular flexibility index (Phi) is 4.88. The molecule has 2 rings (SSSR count). The summed E-state index contributed by atoms with van der Waals surface area (Å²) >= 11 is 10.2. The van der Waals surface area contributed by atoms with Crippen molar-refractivity contribution < 1.29 is 4.79 Å². The Morgan fingerprint density at radius 2 is 1.75 bits per heavy atom. The molecule has 0 radical (unpaired) electrons. The molecule has 0 fully saturated rings. The summed E-state index contributed by atoms with van der Waals surface area (Å²) in [6, 6.07) is 9.11. The predicted octanol–water partition coefficient (Wildman–Crippen LogP) is 5.12. The number of carbonyl (C=O) groups is 1. The van der Waals surface area contributed by atoms with Gasteiger partial charge < -0.3 is 11.1 Å². The van der Waals surface area contributed by atoms with Crippen LogP contribution in [-0.2, 0) is 0 Å². The van der Waals surface area contributed by atoms with Crippen LogP contribution in [0.1, 0.15) is 15.9 Å². The zero-order chi connectivity index (χ0) is 14.9. The van der Waals surface area contributed by atoms with E-state index in [-0.39, 0.29) is 5.91 Å². The number of benzene rings is 2. The number of aryl methyl sites for hydroxylation is 1. The van der Waals surface area contributed by atoms with Crippen molar-refractivity contribution in [2.24, 2.45) is 0 Å². The summed E-state index contributed by atoms with van der Waals surface area (Å²) in [6.45, 7) is 1.87. The van der Waals surface area contributed by atoms with E-state index in [1.807, 2.05) is 31.2 Å². The largest absolute Gasteiger partial charge is 0.398 e. The predicted molar refractivity (Wildman–Crippen MR) is 93.1 cm³/mol. The van der Waals surface area contributed by atoms with E-state index in [1.54, 1.807) is 6.07 Å². The van der Waals surface area contributed by atoms with Crippen molar-refractivity contribution in [3.8, 4) is 0 Å². The van der Waals surface area contributed by atoms with Gasteiger partial charge in [0.2, 0.25) is 0 Å². The van der Waals surface area contributed by atoms with Crippen molar-refractivity contribution in [2.75, 3.05) is 11.1 Å². The molecule has 0 aliphatic rings. The van der Waals surface area contributed by atoms with Crippen molar-refractivity contribution in [3.63, 3.8) is 0 Å². The van der Waals surface area contributed by atoms with E-state index in [9.17, 15) is 4.79 Å². The highest BCUT2D eigenvalue weighted by atomic mass is 79.9. The summed E-state index contributed by atoms with van der Waals surface area (Å²) < 4.78 is 2.46. The molecule has 20 heavy (non-hydrogen) atoms. The molecule has 104 valence electrons. The molecular formula is C14H11Br3N2O. The second kappa shape index (κ2) is 6.28. The standard InChI is InChI=1S/C14H11Br3N2O/c1-7-3-2-4-9(12(7)18)14(20)19-13-10(16)5-8(15)6-11(13)17/h2-6H,18H2,1H3,(H,19,20). The maximum absolute atomic E-state index is 12.3. The number of rotatable bonds is 2. The highest BCUT2D eigenvalue weighted by Crippen LogP contribution is 2.34. The third-order valence-electron chi connectivity index (χ3n) is 2.81. The van der Waals surface area contributed by atoms with Crippen LogP contribution < -0.4 is 11.1 Å². The smallest absolute Gasteiger partial charge is 0.257 e. The van der Waals surface area contributed by atoms with Gasteiger partial charge in [0.15, 0.2) is 0 Å². The molecule has 0 aliphatic carbocycles. The van der Waals surface area contributed by atoms with E-state index in [4.69, 9.17) is 5.73 Å². The quantitative estimate of drug-likeness (QED) is 0.609. The number of amides is 1. The van der Waals surface area contributed by atoms with Gasteiger partial charge in [0.25, 0.3) is 5.91 Å². The number of nitrogen functional groups attached to an aromatic ring is 1. The van der Waals surface area contributed by atoms with Crippen LogP contribution in [0, 0.1) is 6.92 Å². The van der Waals surface area contributed by atoms with Crippen molar-refractivity contribution >= 4 is 65.1 Å². The number of carbonyl (C=O) groups excluding carboxylic acids is 1. The first-order chi connectivity index (χ1) is 9.40. The minimum Gasteiger partial charge on any atom is -0.398 e. The van der Waals surface area contributed by atoms with Gasteiger partial charge >= 0.3 is 0 Å². The number of hydrogen-bond donors (Lipinski definition) is 2. The Balaban J connectivity index is 2.36. The second-order valence-corrected chi connectivity index (χ2v) is 6.86. The first kappa shape index (κ1) is 15.5. The molecule has 0 bridgehead atoms.